The van der Waals surface area contributed by atoms with Gasteiger partial charge in [0, 0.05) is 29.2 Å². The second-order valence-electron chi connectivity index (χ2n) is 15.7. The Bertz CT molecular complexity index is 1480. The molecule has 0 bridgehead atoms. The molecule has 0 fully saturated rings. The highest BCUT2D eigenvalue weighted by Crippen LogP contribution is 2.44. The van der Waals surface area contributed by atoms with E-state index in [4.69, 9.17) is 0 Å². The van der Waals surface area contributed by atoms with E-state index >= 15 is 0 Å². The summed E-state index contributed by atoms with van der Waals surface area (Å²) >= 11 is 0. The molecule has 0 aliphatic heterocycles. The van der Waals surface area contributed by atoms with Crippen LogP contribution in [0.2, 0.25) is 0 Å². The van der Waals surface area contributed by atoms with Crippen LogP contribution in [0.15, 0.2) is 120 Å². The molecule has 0 radical (unpaired) electrons. The van der Waals surface area contributed by atoms with E-state index in [2.05, 4.69) is 127 Å². The Morgan fingerprint density at radius 3 is 1.94 bits per heavy atom. The predicted molar refractivity (Wildman–Crippen MR) is 206 cm³/mol. The monoisotopic (exact) mass is 640 g/mol. The van der Waals surface area contributed by atoms with Gasteiger partial charge in [0.25, 0.3) is 0 Å². The molecule has 0 saturated carbocycles. The van der Waals surface area contributed by atoms with Crippen molar-refractivity contribution in [3.05, 3.63) is 120 Å². The van der Waals surface area contributed by atoms with Crippen molar-refractivity contribution in [2.24, 2.45) is 23.7 Å². The molecule has 2 aromatic rings. The minimum Gasteiger partial charge on any atom is -0.362 e. The van der Waals surface area contributed by atoms with Crippen molar-refractivity contribution >= 4 is 11.4 Å². The van der Waals surface area contributed by atoms with Crippen molar-refractivity contribution < 1.29 is 0 Å². The normalized spacial score (nSPS) is 30.6. The lowest BCUT2D eigenvalue weighted by molar-refractivity contribution is 0.299. The minimum absolute atomic E-state index is 0.497. The van der Waals surface area contributed by atoms with Crippen molar-refractivity contribution in [3.8, 4) is 0 Å². The number of para-hydroxylation sites is 2. The number of nitrogens with zero attached hydrogens (tertiary/aromatic N) is 2. The summed E-state index contributed by atoms with van der Waals surface area (Å²) in [6.07, 6.45) is 37.2. The highest BCUT2D eigenvalue weighted by molar-refractivity contribution is 5.55. The summed E-state index contributed by atoms with van der Waals surface area (Å²) in [4.78, 5) is 5.44. The van der Waals surface area contributed by atoms with Crippen molar-refractivity contribution in [3.63, 3.8) is 0 Å². The zero-order valence-corrected chi connectivity index (χ0v) is 29.9. The first-order chi connectivity index (χ1) is 23.6. The van der Waals surface area contributed by atoms with Crippen molar-refractivity contribution in [2.75, 3.05) is 9.80 Å². The van der Waals surface area contributed by atoms with Gasteiger partial charge in [-0.1, -0.05) is 90.1 Å². The molecule has 0 amide bonds. The molecule has 0 N–H and O–H groups in total. The van der Waals surface area contributed by atoms with Crippen molar-refractivity contribution in [1.29, 1.82) is 0 Å². The second-order valence-corrected chi connectivity index (χ2v) is 15.7. The molecule has 7 atom stereocenters. The van der Waals surface area contributed by atoms with Crippen LogP contribution in [0.1, 0.15) is 110 Å². The maximum atomic E-state index is 2.78. The van der Waals surface area contributed by atoms with E-state index in [1.165, 1.54) is 108 Å². The van der Waals surface area contributed by atoms with Crippen LogP contribution >= 0.6 is 0 Å². The van der Waals surface area contributed by atoms with Gasteiger partial charge in [-0.15, -0.1) is 0 Å². The van der Waals surface area contributed by atoms with Crippen molar-refractivity contribution in [1.82, 2.24) is 0 Å². The van der Waals surface area contributed by atoms with Crippen LogP contribution in [-0.2, 0) is 0 Å². The van der Waals surface area contributed by atoms with Gasteiger partial charge < -0.3 is 9.80 Å². The highest BCUT2D eigenvalue weighted by Gasteiger charge is 2.35. The molecule has 0 aromatic heterocycles. The molecule has 2 nitrogen and oxygen atoms in total. The first-order valence-electron chi connectivity index (χ1n) is 19.7. The molecule has 7 unspecified atom stereocenters. The number of anilines is 2. The average molecular weight is 641 g/mol. The van der Waals surface area contributed by atoms with E-state index < -0.39 is 0 Å². The number of hydrogen-bond acceptors (Lipinski definition) is 2. The second kappa shape index (κ2) is 16.0. The lowest BCUT2D eigenvalue weighted by Crippen LogP contribution is -2.45. The van der Waals surface area contributed by atoms with Crippen LogP contribution < -0.4 is 9.80 Å². The van der Waals surface area contributed by atoms with E-state index in [1.807, 2.05) is 0 Å². The molecule has 0 spiro atoms. The fourth-order valence-electron chi connectivity index (χ4n) is 10.0. The van der Waals surface area contributed by atoms with Gasteiger partial charge in [0.05, 0.1) is 6.04 Å². The van der Waals surface area contributed by atoms with Gasteiger partial charge in [-0.3, -0.25) is 0 Å². The van der Waals surface area contributed by atoms with Crippen LogP contribution in [0.4, 0.5) is 11.4 Å². The van der Waals surface area contributed by atoms with E-state index in [0.717, 1.165) is 17.8 Å². The van der Waals surface area contributed by atoms with Crippen molar-refractivity contribution in [2.45, 2.75) is 128 Å². The zero-order chi connectivity index (χ0) is 32.7. The lowest BCUT2D eigenvalue weighted by Gasteiger charge is -2.44. The molecule has 7 rings (SSSR count). The number of allylic oxidation sites excluding steroid dienone is 7. The van der Waals surface area contributed by atoms with E-state index in [0.29, 0.717) is 24.0 Å². The third-order valence-corrected chi connectivity index (χ3v) is 12.6. The van der Waals surface area contributed by atoms with Gasteiger partial charge in [-0.05, 0) is 158 Å². The third kappa shape index (κ3) is 7.79. The maximum absolute atomic E-state index is 2.78. The molecular formula is C46H60N2. The molecule has 2 heteroatoms. The SMILES string of the molecule is CC1=CC(CCC2C=CC(N(C3=CCCCC3)c3ccccc3)CC2)CCC1C1CCC(N(c2ccccc2)C2CC=CCC2)C=C1C. The Morgan fingerprint density at radius 1 is 0.604 bits per heavy atom. The fourth-order valence-corrected chi connectivity index (χ4v) is 10.0. The fraction of sp³-hybridized carbons (Fsp3) is 0.522. The largest absolute Gasteiger partial charge is 0.362 e. The van der Waals surface area contributed by atoms with Gasteiger partial charge in [0.1, 0.15) is 0 Å². The van der Waals surface area contributed by atoms with E-state index in [-0.39, 0.29) is 0 Å². The Kier molecular flexibility index (Phi) is 11.1. The molecule has 0 saturated heterocycles. The van der Waals surface area contributed by atoms with Gasteiger partial charge in [-0.25, -0.2) is 0 Å². The lowest BCUT2D eigenvalue weighted by atomic mass is 9.69. The molecule has 2 aromatic carbocycles. The third-order valence-electron chi connectivity index (χ3n) is 12.6. The molecule has 5 aliphatic rings. The number of hydrogen-bond donors (Lipinski definition) is 0. The first kappa shape index (κ1) is 33.2. The first-order valence-corrected chi connectivity index (χ1v) is 19.7. The molecular weight excluding hydrogens is 581 g/mol. The van der Waals surface area contributed by atoms with Gasteiger partial charge in [0.15, 0.2) is 0 Å². The van der Waals surface area contributed by atoms with Crippen LogP contribution in [0.25, 0.3) is 0 Å². The Labute approximate surface area is 292 Å². The van der Waals surface area contributed by atoms with Crippen LogP contribution in [0.5, 0.6) is 0 Å². The highest BCUT2D eigenvalue weighted by atomic mass is 15.2. The standard InChI is InChI=1S/C46H60N2/c1-35-33-38(24-23-37-25-28-43(29-26-37)47(39-15-7-3-8-16-39)40-17-9-4-10-18-40)27-31-45(35)46-32-30-44(34-36(46)2)48(41-19-11-5-12-20-41)42-21-13-6-14-22-42/h3,5-8,11-13,15-17,19-20,25,28,33-34,37-38,42-46H,4,9-10,14,18,21-24,26-27,29-32H2,1-2H3. The van der Waals surface area contributed by atoms with Gasteiger partial charge in [0.2, 0.25) is 0 Å². The van der Waals surface area contributed by atoms with E-state index in [1.54, 1.807) is 16.8 Å². The zero-order valence-electron chi connectivity index (χ0n) is 29.9. The number of rotatable bonds is 10. The topological polar surface area (TPSA) is 6.48 Å². The summed E-state index contributed by atoms with van der Waals surface area (Å²) in [5.74, 6) is 2.94. The van der Waals surface area contributed by atoms with Crippen LogP contribution in [0, 0.1) is 23.7 Å². The summed E-state index contributed by atoms with van der Waals surface area (Å²) in [7, 11) is 0. The number of benzene rings is 2. The van der Waals surface area contributed by atoms with Gasteiger partial charge in [-0.2, -0.15) is 0 Å². The Hall–Kier alpha value is -3.26. The van der Waals surface area contributed by atoms with E-state index in [9.17, 15) is 0 Å². The predicted octanol–water partition coefficient (Wildman–Crippen LogP) is 12.4. The Morgan fingerprint density at radius 2 is 1.29 bits per heavy atom. The molecule has 5 aliphatic carbocycles. The summed E-state index contributed by atoms with van der Waals surface area (Å²) in [5.41, 5.74) is 7.64. The summed E-state index contributed by atoms with van der Waals surface area (Å²) < 4.78 is 0. The smallest absolute Gasteiger partial charge is 0.0519 e. The maximum Gasteiger partial charge on any atom is 0.0519 e. The summed E-state index contributed by atoms with van der Waals surface area (Å²) in [5, 5.41) is 0. The summed E-state index contributed by atoms with van der Waals surface area (Å²) in [6, 6.07) is 24.0. The summed E-state index contributed by atoms with van der Waals surface area (Å²) in [6.45, 7) is 4.91. The Balaban J connectivity index is 0.952. The molecule has 254 valence electrons. The average Bonchev–Trinajstić information content (AvgIpc) is 3.14. The van der Waals surface area contributed by atoms with Crippen LogP contribution in [0.3, 0.4) is 0 Å². The minimum atomic E-state index is 0.497. The molecule has 48 heavy (non-hydrogen) atoms. The van der Waals surface area contributed by atoms with Crippen LogP contribution in [-0.4, -0.2) is 18.1 Å². The molecule has 0 heterocycles. The quantitative estimate of drug-likeness (QED) is 0.238. The van der Waals surface area contributed by atoms with Gasteiger partial charge >= 0.3 is 0 Å².